The molecule has 5 rings (SSSR count). The SMILES string of the molecule is C/C=C/C=C/C(O)=C1/C(=O)C2(C)C(=O)[C@@](C)(O)C1C[C@]21O[C@@H]2CC(C(=O)OC)=C[C@H](O)[C@H]2OC1=O. The van der Waals surface area contributed by atoms with Gasteiger partial charge in [0, 0.05) is 23.5 Å². The Kier molecular flexibility index (Phi) is 5.90. The van der Waals surface area contributed by atoms with Crippen molar-refractivity contribution in [2.45, 2.75) is 63.1 Å². The van der Waals surface area contributed by atoms with Crippen molar-refractivity contribution >= 4 is 23.5 Å². The maximum Gasteiger partial charge on any atom is 0.340 e. The van der Waals surface area contributed by atoms with Gasteiger partial charge >= 0.3 is 11.9 Å². The van der Waals surface area contributed by atoms with Crippen molar-refractivity contribution in [3.05, 3.63) is 47.3 Å². The van der Waals surface area contributed by atoms with Crippen molar-refractivity contribution in [1.82, 2.24) is 0 Å². The Morgan fingerprint density at radius 3 is 2.54 bits per heavy atom. The highest BCUT2D eigenvalue weighted by Gasteiger charge is 2.79. The van der Waals surface area contributed by atoms with E-state index in [1.165, 1.54) is 39.2 Å². The van der Waals surface area contributed by atoms with Crippen molar-refractivity contribution in [1.29, 1.82) is 0 Å². The fraction of sp³-hybridized carbons (Fsp3) is 0.520. The highest BCUT2D eigenvalue weighted by atomic mass is 16.6. The van der Waals surface area contributed by atoms with Gasteiger partial charge in [0.2, 0.25) is 0 Å². The molecule has 188 valence electrons. The Bertz CT molecular complexity index is 1130. The van der Waals surface area contributed by atoms with E-state index in [9.17, 15) is 34.5 Å². The number of allylic oxidation sites excluding steroid dienone is 4. The lowest BCUT2D eigenvalue weighted by Crippen LogP contribution is -2.79. The molecule has 0 aromatic heterocycles. The maximum atomic E-state index is 13.7. The first kappa shape index (κ1) is 25.0. The minimum absolute atomic E-state index is 0.0943. The van der Waals surface area contributed by atoms with E-state index in [0.29, 0.717) is 0 Å². The van der Waals surface area contributed by atoms with Crippen molar-refractivity contribution in [2.75, 3.05) is 7.11 Å². The van der Waals surface area contributed by atoms with Gasteiger partial charge in [0.1, 0.15) is 29.0 Å². The lowest BCUT2D eigenvalue weighted by molar-refractivity contribution is -0.275. The first-order valence-electron chi connectivity index (χ1n) is 11.3. The Labute approximate surface area is 201 Å². The van der Waals surface area contributed by atoms with Crippen LogP contribution in [0.5, 0.6) is 0 Å². The molecule has 2 bridgehead atoms. The number of hydrogen-bond acceptors (Lipinski definition) is 10. The molecule has 35 heavy (non-hydrogen) atoms. The van der Waals surface area contributed by atoms with Gasteiger partial charge in [-0.25, -0.2) is 9.59 Å². The zero-order chi connectivity index (χ0) is 25.9. The van der Waals surface area contributed by atoms with E-state index in [0.717, 1.165) is 0 Å². The highest BCUT2D eigenvalue weighted by molar-refractivity contribution is 6.25. The van der Waals surface area contributed by atoms with E-state index in [2.05, 4.69) is 0 Å². The lowest BCUT2D eigenvalue weighted by Gasteiger charge is -2.61. The van der Waals surface area contributed by atoms with Crippen molar-refractivity contribution in [2.24, 2.45) is 11.3 Å². The number of Topliss-reactive ketones (excluding diaryl/α,β-unsaturated/α-hetero) is 2. The number of esters is 2. The van der Waals surface area contributed by atoms with Gasteiger partial charge in [-0.05, 0) is 39.3 Å². The summed E-state index contributed by atoms with van der Waals surface area (Å²) in [6.07, 6.45) is 3.29. The lowest BCUT2D eigenvalue weighted by atomic mass is 9.45. The van der Waals surface area contributed by atoms with Crippen LogP contribution in [-0.2, 0) is 33.4 Å². The van der Waals surface area contributed by atoms with E-state index >= 15 is 0 Å². The molecule has 10 heteroatoms. The molecule has 1 saturated heterocycles. The molecule has 1 spiro atoms. The zero-order valence-corrected chi connectivity index (χ0v) is 19.8. The standard InChI is InChI=1S/C25H28O10/c1-5-6-7-8-14(26)17-13-11-25(23(2,19(17)28)21(30)24(13,3)32)22(31)34-18-15(27)9-12(20(29)33-4)10-16(18)35-25/h5-9,13,15-16,18,26-27,32H,10-11H2,1-4H3/b6-5+,8-7+,17-14-/t13?,15-,16+,18+,23?,24-,25+/m0/s1. The van der Waals surface area contributed by atoms with Crippen LogP contribution in [0.25, 0.3) is 0 Å². The summed E-state index contributed by atoms with van der Waals surface area (Å²) in [5.74, 6) is -5.23. The van der Waals surface area contributed by atoms with Crippen molar-refractivity contribution < 1.29 is 48.7 Å². The van der Waals surface area contributed by atoms with Gasteiger partial charge in [-0.3, -0.25) is 9.59 Å². The monoisotopic (exact) mass is 488 g/mol. The van der Waals surface area contributed by atoms with Crippen LogP contribution in [0.4, 0.5) is 0 Å². The maximum absolute atomic E-state index is 13.7. The summed E-state index contributed by atoms with van der Waals surface area (Å²) in [7, 11) is 1.18. The fourth-order valence-electron chi connectivity index (χ4n) is 5.72. The number of carbonyl (C=O) groups is 4. The number of methoxy groups -OCH3 is 1. The van der Waals surface area contributed by atoms with Gasteiger partial charge in [-0.15, -0.1) is 0 Å². The molecule has 4 aliphatic carbocycles. The molecule has 10 nitrogen and oxygen atoms in total. The van der Waals surface area contributed by atoms with Crippen LogP contribution in [-0.4, -0.2) is 75.4 Å². The van der Waals surface area contributed by atoms with E-state index < -0.39 is 70.1 Å². The molecular formula is C25H28O10. The minimum atomic E-state index is -2.23. The minimum Gasteiger partial charge on any atom is -0.508 e. The third kappa shape index (κ3) is 3.27. The summed E-state index contributed by atoms with van der Waals surface area (Å²) in [6, 6.07) is 0. The molecule has 7 atom stereocenters. The van der Waals surface area contributed by atoms with Gasteiger partial charge in [-0.2, -0.15) is 0 Å². The number of carbonyl (C=O) groups excluding carboxylic acids is 4. The average molecular weight is 488 g/mol. The Balaban J connectivity index is 1.81. The number of ether oxygens (including phenoxy) is 3. The van der Waals surface area contributed by atoms with E-state index in [1.807, 2.05) is 0 Å². The van der Waals surface area contributed by atoms with Gasteiger partial charge in [0.15, 0.2) is 23.3 Å². The molecule has 2 unspecified atom stereocenters. The number of aliphatic hydroxyl groups is 3. The van der Waals surface area contributed by atoms with Gasteiger partial charge in [-0.1, -0.05) is 18.2 Å². The number of ketones is 2. The van der Waals surface area contributed by atoms with E-state index in [1.54, 1.807) is 19.1 Å². The summed E-state index contributed by atoms with van der Waals surface area (Å²) in [4.78, 5) is 52.7. The van der Waals surface area contributed by atoms with Crippen LogP contribution in [0.15, 0.2) is 47.3 Å². The first-order valence-corrected chi connectivity index (χ1v) is 11.3. The van der Waals surface area contributed by atoms with E-state index in [4.69, 9.17) is 14.2 Å². The largest absolute Gasteiger partial charge is 0.508 e. The first-order chi connectivity index (χ1) is 16.4. The Hall–Kier alpha value is -3.08. The quantitative estimate of drug-likeness (QED) is 0.170. The smallest absolute Gasteiger partial charge is 0.340 e. The Morgan fingerprint density at radius 1 is 1.23 bits per heavy atom. The van der Waals surface area contributed by atoms with Crippen molar-refractivity contribution in [3.8, 4) is 0 Å². The fourth-order valence-corrected chi connectivity index (χ4v) is 5.72. The van der Waals surface area contributed by atoms with Crippen molar-refractivity contribution in [3.63, 3.8) is 0 Å². The summed E-state index contributed by atoms with van der Waals surface area (Å²) in [6.45, 7) is 4.20. The topological polar surface area (TPSA) is 157 Å². The summed E-state index contributed by atoms with van der Waals surface area (Å²) in [5, 5.41) is 32.3. The normalized spacial score (nSPS) is 42.3. The van der Waals surface area contributed by atoms with E-state index in [-0.39, 0.29) is 24.0 Å². The second-order valence-electron chi connectivity index (χ2n) is 9.60. The molecular weight excluding hydrogens is 460 g/mol. The second kappa shape index (κ2) is 8.25. The van der Waals surface area contributed by atoms with Crippen LogP contribution in [0.3, 0.4) is 0 Å². The zero-order valence-electron chi connectivity index (χ0n) is 19.8. The number of rotatable bonds is 3. The summed E-state index contributed by atoms with van der Waals surface area (Å²) >= 11 is 0. The highest BCUT2D eigenvalue weighted by Crippen LogP contribution is 2.61. The molecule has 0 aromatic rings. The molecule has 0 aromatic carbocycles. The van der Waals surface area contributed by atoms with Crippen LogP contribution in [0.2, 0.25) is 0 Å². The molecule has 0 radical (unpaired) electrons. The molecule has 0 amide bonds. The molecule has 1 aliphatic heterocycles. The molecule has 3 saturated carbocycles. The molecule has 5 aliphatic rings. The average Bonchev–Trinajstić information content (AvgIpc) is 2.81. The van der Waals surface area contributed by atoms with Crippen LogP contribution < -0.4 is 0 Å². The predicted octanol–water partition coefficient (Wildman–Crippen LogP) is 0.773. The van der Waals surface area contributed by atoms with Gasteiger partial charge < -0.3 is 29.5 Å². The van der Waals surface area contributed by atoms with Crippen LogP contribution in [0, 0.1) is 11.3 Å². The number of aliphatic hydroxyl groups excluding tert-OH is 2. The van der Waals surface area contributed by atoms with Gasteiger partial charge in [0.05, 0.1) is 7.11 Å². The molecule has 1 heterocycles. The predicted molar refractivity (Wildman–Crippen MR) is 119 cm³/mol. The second-order valence-corrected chi connectivity index (χ2v) is 9.60. The molecule has 4 fully saturated rings. The third-order valence-electron chi connectivity index (χ3n) is 7.64. The van der Waals surface area contributed by atoms with Gasteiger partial charge in [0.25, 0.3) is 0 Å². The van der Waals surface area contributed by atoms with Crippen LogP contribution >= 0.6 is 0 Å². The third-order valence-corrected chi connectivity index (χ3v) is 7.64. The number of fused-ring (bicyclic) bond motifs is 3. The summed E-state index contributed by atoms with van der Waals surface area (Å²) in [5.41, 5.74) is -6.51. The molecule has 3 N–H and O–H groups in total. The number of hydrogen-bond donors (Lipinski definition) is 3. The van der Waals surface area contributed by atoms with Crippen LogP contribution in [0.1, 0.15) is 33.6 Å². The summed E-state index contributed by atoms with van der Waals surface area (Å²) < 4.78 is 16.4. The Morgan fingerprint density at radius 2 is 1.91 bits per heavy atom.